The molecule has 0 bridgehead atoms. The molecule has 0 spiro atoms. The Balaban J connectivity index is 2.88. The van der Waals surface area contributed by atoms with Gasteiger partial charge in [-0.3, -0.25) is 0 Å². The van der Waals surface area contributed by atoms with Crippen LogP contribution >= 0.6 is 0 Å². The minimum atomic E-state index is -1.19. The Labute approximate surface area is 104 Å². The largest absolute Gasteiger partial charge is 0.386 e. The molecule has 0 saturated carbocycles. The van der Waals surface area contributed by atoms with Crippen molar-refractivity contribution in [2.24, 2.45) is 0 Å². The van der Waals surface area contributed by atoms with Gasteiger partial charge in [0.2, 0.25) is 0 Å². The molecule has 1 aromatic heterocycles. The third-order valence-corrected chi connectivity index (χ3v) is 2.91. The SMILES string of the molecule is O=c1oc(=O)c2c(F)ccc(F)c2c2ccccc12. The van der Waals surface area contributed by atoms with Crippen LogP contribution in [-0.2, 0) is 0 Å². The van der Waals surface area contributed by atoms with E-state index >= 15 is 0 Å². The molecule has 1 heterocycles. The molecule has 0 aliphatic rings. The molecule has 0 aliphatic carbocycles. The van der Waals surface area contributed by atoms with Crippen molar-refractivity contribution in [1.82, 2.24) is 0 Å². The highest BCUT2D eigenvalue weighted by atomic mass is 19.1. The van der Waals surface area contributed by atoms with E-state index in [1.807, 2.05) is 0 Å². The number of halogens is 2. The van der Waals surface area contributed by atoms with Gasteiger partial charge in [-0.2, -0.15) is 0 Å². The summed E-state index contributed by atoms with van der Waals surface area (Å²) in [6, 6.07) is 7.69. The van der Waals surface area contributed by atoms with Gasteiger partial charge < -0.3 is 4.42 Å². The van der Waals surface area contributed by atoms with Crippen LogP contribution in [0.2, 0.25) is 0 Å². The first-order valence-electron chi connectivity index (χ1n) is 5.43. The molecule has 94 valence electrons. The van der Waals surface area contributed by atoms with E-state index in [0.29, 0.717) is 0 Å². The zero-order valence-corrected chi connectivity index (χ0v) is 9.44. The van der Waals surface area contributed by atoms with Crippen LogP contribution in [0.15, 0.2) is 50.4 Å². The van der Waals surface area contributed by atoms with Crippen molar-refractivity contribution in [3.63, 3.8) is 0 Å². The first-order valence-corrected chi connectivity index (χ1v) is 5.43. The molecule has 19 heavy (non-hydrogen) atoms. The number of fused-ring (bicyclic) bond motifs is 3. The number of hydrogen-bond donors (Lipinski definition) is 0. The number of benzene rings is 2. The van der Waals surface area contributed by atoms with Crippen molar-refractivity contribution in [1.29, 1.82) is 0 Å². The normalized spacial score (nSPS) is 11.1. The third-order valence-electron chi connectivity index (χ3n) is 2.91. The summed E-state index contributed by atoms with van der Waals surface area (Å²) >= 11 is 0. The maximum absolute atomic E-state index is 13.9. The molecule has 0 saturated heterocycles. The Morgan fingerprint density at radius 1 is 0.737 bits per heavy atom. The topological polar surface area (TPSA) is 47.3 Å². The van der Waals surface area contributed by atoms with Gasteiger partial charge in [-0.05, 0) is 18.2 Å². The molecule has 5 heteroatoms. The number of rotatable bonds is 0. The molecule has 0 aliphatic heterocycles. The molecular weight excluding hydrogens is 254 g/mol. The van der Waals surface area contributed by atoms with Crippen LogP contribution in [0.25, 0.3) is 21.5 Å². The highest BCUT2D eigenvalue weighted by molar-refractivity contribution is 6.05. The second-order valence-electron chi connectivity index (χ2n) is 4.00. The van der Waals surface area contributed by atoms with Crippen molar-refractivity contribution in [3.05, 3.63) is 68.9 Å². The van der Waals surface area contributed by atoms with Crippen LogP contribution in [0.3, 0.4) is 0 Å². The van der Waals surface area contributed by atoms with Crippen LogP contribution in [0.5, 0.6) is 0 Å². The molecule has 0 amide bonds. The van der Waals surface area contributed by atoms with Crippen LogP contribution in [0.4, 0.5) is 8.78 Å². The standard InChI is InChI=1S/C14H6F2O3/c15-9-5-6-10(16)12-11(9)7-3-1-2-4-8(7)13(17)19-14(12)18/h1-6H. The third kappa shape index (κ3) is 1.62. The molecule has 0 N–H and O–H groups in total. The molecule has 0 fully saturated rings. The predicted octanol–water partition coefficient (Wildman–Crippen LogP) is 2.58. The summed E-state index contributed by atoms with van der Waals surface area (Å²) in [5.41, 5.74) is -2.11. The van der Waals surface area contributed by atoms with E-state index in [-0.39, 0.29) is 16.2 Å². The van der Waals surface area contributed by atoms with Crippen LogP contribution < -0.4 is 11.3 Å². The van der Waals surface area contributed by atoms with Gasteiger partial charge in [0, 0.05) is 10.8 Å². The van der Waals surface area contributed by atoms with Crippen molar-refractivity contribution < 1.29 is 13.2 Å². The minimum Gasteiger partial charge on any atom is -0.386 e. The highest BCUT2D eigenvalue weighted by Gasteiger charge is 2.14. The summed E-state index contributed by atoms with van der Waals surface area (Å²) < 4.78 is 32.2. The maximum Gasteiger partial charge on any atom is 0.349 e. The van der Waals surface area contributed by atoms with E-state index in [9.17, 15) is 18.4 Å². The second-order valence-corrected chi connectivity index (χ2v) is 4.00. The summed E-state index contributed by atoms with van der Waals surface area (Å²) in [7, 11) is 0. The smallest absolute Gasteiger partial charge is 0.349 e. The quantitative estimate of drug-likeness (QED) is 0.624. The van der Waals surface area contributed by atoms with E-state index in [4.69, 9.17) is 0 Å². The molecular formula is C14H6F2O3. The molecule has 0 unspecified atom stereocenters. The van der Waals surface area contributed by atoms with Crippen molar-refractivity contribution in [3.8, 4) is 0 Å². The average Bonchev–Trinajstić information content (AvgIpc) is 2.51. The van der Waals surface area contributed by atoms with E-state index in [0.717, 1.165) is 12.1 Å². The summed E-state index contributed by atoms with van der Waals surface area (Å²) in [6.07, 6.45) is 0. The van der Waals surface area contributed by atoms with Gasteiger partial charge in [0.15, 0.2) is 0 Å². The summed E-state index contributed by atoms with van der Waals surface area (Å²) in [6.45, 7) is 0. The lowest BCUT2D eigenvalue weighted by Gasteiger charge is -1.98. The zero-order chi connectivity index (χ0) is 13.6. The second kappa shape index (κ2) is 3.98. The van der Waals surface area contributed by atoms with Crippen molar-refractivity contribution >= 4 is 21.5 Å². The first-order chi connectivity index (χ1) is 9.09. The molecule has 3 aromatic rings. The van der Waals surface area contributed by atoms with Crippen molar-refractivity contribution in [2.75, 3.05) is 0 Å². The Morgan fingerprint density at radius 3 is 2.00 bits per heavy atom. The van der Waals surface area contributed by atoms with Gasteiger partial charge in [-0.25, -0.2) is 18.4 Å². The Hall–Kier alpha value is -2.56. The van der Waals surface area contributed by atoms with Crippen molar-refractivity contribution in [2.45, 2.75) is 0 Å². The zero-order valence-electron chi connectivity index (χ0n) is 9.44. The Bertz CT molecular complexity index is 929. The Morgan fingerprint density at radius 2 is 1.32 bits per heavy atom. The van der Waals surface area contributed by atoms with Crippen LogP contribution in [-0.4, -0.2) is 0 Å². The van der Waals surface area contributed by atoms with E-state index in [2.05, 4.69) is 4.42 Å². The van der Waals surface area contributed by atoms with E-state index in [1.54, 1.807) is 12.1 Å². The van der Waals surface area contributed by atoms with E-state index in [1.165, 1.54) is 12.1 Å². The first kappa shape index (κ1) is 11.5. The van der Waals surface area contributed by atoms with Gasteiger partial charge >= 0.3 is 11.3 Å². The lowest BCUT2D eigenvalue weighted by atomic mass is 10.1. The minimum absolute atomic E-state index is 0.0269. The van der Waals surface area contributed by atoms with Gasteiger partial charge in [0.25, 0.3) is 0 Å². The van der Waals surface area contributed by atoms with Crippen LogP contribution in [0, 0.1) is 11.6 Å². The molecule has 2 aromatic carbocycles. The summed E-state index contributed by atoms with van der Waals surface area (Å²) in [4.78, 5) is 23.4. The maximum atomic E-state index is 13.9. The van der Waals surface area contributed by atoms with Crippen LogP contribution in [0.1, 0.15) is 0 Å². The van der Waals surface area contributed by atoms with Gasteiger partial charge in [-0.1, -0.05) is 18.2 Å². The molecule has 0 atom stereocenters. The summed E-state index contributed by atoms with van der Waals surface area (Å²) in [5, 5.41) is -0.630. The molecule has 0 radical (unpaired) electrons. The lowest BCUT2D eigenvalue weighted by molar-refractivity contribution is 0.488. The van der Waals surface area contributed by atoms with Gasteiger partial charge in [0.05, 0.1) is 5.39 Å². The fourth-order valence-electron chi connectivity index (χ4n) is 2.08. The average molecular weight is 260 g/mol. The van der Waals surface area contributed by atoms with Gasteiger partial charge in [-0.15, -0.1) is 0 Å². The summed E-state index contributed by atoms with van der Waals surface area (Å²) in [5.74, 6) is -1.71. The highest BCUT2D eigenvalue weighted by Crippen LogP contribution is 2.24. The monoisotopic (exact) mass is 260 g/mol. The Kier molecular flexibility index (Phi) is 2.41. The van der Waals surface area contributed by atoms with E-state index < -0.39 is 28.3 Å². The fourth-order valence-corrected chi connectivity index (χ4v) is 2.08. The lowest BCUT2D eigenvalue weighted by Crippen LogP contribution is -2.05. The fraction of sp³-hybridized carbons (Fsp3) is 0. The van der Waals surface area contributed by atoms with Gasteiger partial charge in [0.1, 0.15) is 17.0 Å². The predicted molar refractivity (Wildman–Crippen MR) is 66.2 cm³/mol. The molecule has 3 rings (SSSR count). The molecule has 3 nitrogen and oxygen atoms in total. The number of hydrogen-bond acceptors (Lipinski definition) is 3.